The molecule has 5 heteroatoms. The summed E-state index contributed by atoms with van der Waals surface area (Å²) < 4.78 is 5.56. The molecule has 1 aromatic rings. The molecule has 2 rings (SSSR count). The molecule has 20 heavy (non-hydrogen) atoms. The Kier molecular flexibility index (Phi) is 6.82. The van der Waals surface area contributed by atoms with E-state index in [0.29, 0.717) is 25.1 Å². The molecule has 1 N–H and O–H groups in total. The van der Waals surface area contributed by atoms with Crippen LogP contribution < -0.4 is 10.1 Å². The lowest BCUT2D eigenvalue weighted by Crippen LogP contribution is -2.56. The smallest absolute Gasteiger partial charge is 0.226 e. The van der Waals surface area contributed by atoms with Gasteiger partial charge < -0.3 is 15.0 Å². The summed E-state index contributed by atoms with van der Waals surface area (Å²) in [6.45, 7) is 6.23. The van der Waals surface area contributed by atoms with Gasteiger partial charge in [0, 0.05) is 25.2 Å². The van der Waals surface area contributed by atoms with Crippen LogP contribution in [0.2, 0.25) is 0 Å². The van der Waals surface area contributed by atoms with Crippen molar-refractivity contribution in [1.82, 2.24) is 10.2 Å². The number of nitrogens with zero attached hydrogens (tertiary/aromatic N) is 1. The highest BCUT2D eigenvalue weighted by Gasteiger charge is 2.24. The van der Waals surface area contributed by atoms with Crippen LogP contribution in [0, 0.1) is 0 Å². The van der Waals surface area contributed by atoms with Crippen molar-refractivity contribution in [2.75, 3.05) is 19.7 Å². The van der Waals surface area contributed by atoms with Crippen LogP contribution in [0.3, 0.4) is 0 Å². The molecule has 2 atom stereocenters. The molecule has 1 fully saturated rings. The summed E-state index contributed by atoms with van der Waals surface area (Å²) in [5, 5.41) is 3.42. The van der Waals surface area contributed by atoms with E-state index in [-0.39, 0.29) is 18.3 Å². The normalized spacial score (nSPS) is 22.0. The molecule has 0 radical (unpaired) electrons. The van der Waals surface area contributed by atoms with Crippen molar-refractivity contribution >= 4 is 18.3 Å². The molecule has 1 aliphatic rings. The fourth-order valence-electron chi connectivity index (χ4n) is 2.46. The number of ether oxygens (including phenoxy) is 1. The van der Waals surface area contributed by atoms with Crippen LogP contribution in [0.25, 0.3) is 0 Å². The van der Waals surface area contributed by atoms with Crippen molar-refractivity contribution in [1.29, 1.82) is 0 Å². The first-order valence-corrected chi connectivity index (χ1v) is 6.87. The second-order valence-corrected chi connectivity index (χ2v) is 5.18. The number of para-hydroxylation sites is 1. The molecule has 1 saturated heterocycles. The van der Waals surface area contributed by atoms with Crippen LogP contribution in [-0.4, -0.2) is 42.6 Å². The zero-order valence-corrected chi connectivity index (χ0v) is 12.9. The molecule has 112 valence electrons. The van der Waals surface area contributed by atoms with E-state index in [9.17, 15) is 4.79 Å². The van der Waals surface area contributed by atoms with Crippen LogP contribution in [-0.2, 0) is 4.79 Å². The lowest BCUT2D eigenvalue weighted by molar-refractivity contribution is -0.133. The highest BCUT2D eigenvalue weighted by atomic mass is 35.5. The number of benzene rings is 1. The highest BCUT2D eigenvalue weighted by Crippen LogP contribution is 2.10. The van der Waals surface area contributed by atoms with Gasteiger partial charge in [0.2, 0.25) is 5.91 Å². The van der Waals surface area contributed by atoms with Crippen LogP contribution in [0.5, 0.6) is 5.75 Å². The summed E-state index contributed by atoms with van der Waals surface area (Å²) in [7, 11) is 0. The maximum Gasteiger partial charge on any atom is 0.226 e. The fourth-order valence-corrected chi connectivity index (χ4v) is 2.46. The zero-order valence-electron chi connectivity index (χ0n) is 12.0. The first-order valence-electron chi connectivity index (χ1n) is 6.87. The van der Waals surface area contributed by atoms with Crippen molar-refractivity contribution in [3.63, 3.8) is 0 Å². The van der Waals surface area contributed by atoms with E-state index in [2.05, 4.69) is 19.2 Å². The van der Waals surface area contributed by atoms with E-state index in [4.69, 9.17) is 4.74 Å². The van der Waals surface area contributed by atoms with Crippen molar-refractivity contribution in [3.05, 3.63) is 30.3 Å². The van der Waals surface area contributed by atoms with Gasteiger partial charge in [0.25, 0.3) is 0 Å². The van der Waals surface area contributed by atoms with Gasteiger partial charge in [-0.3, -0.25) is 4.79 Å². The molecular formula is C15H23ClN2O2. The lowest BCUT2D eigenvalue weighted by Gasteiger charge is -2.36. The predicted octanol–water partition coefficient (Wildman–Crippen LogP) is 2.09. The maximum atomic E-state index is 12.1. The summed E-state index contributed by atoms with van der Waals surface area (Å²) in [5.41, 5.74) is 0. The number of rotatable bonds is 4. The average molecular weight is 299 g/mol. The second-order valence-electron chi connectivity index (χ2n) is 5.18. The molecule has 0 aliphatic carbocycles. The van der Waals surface area contributed by atoms with Gasteiger partial charge in [0.05, 0.1) is 13.0 Å². The Morgan fingerprint density at radius 2 is 1.85 bits per heavy atom. The Balaban J connectivity index is 0.00000200. The Morgan fingerprint density at radius 3 is 2.45 bits per heavy atom. The number of carbonyl (C=O) groups excluding carboxylic acids is 1. The summed E-state index contributed by atoms with van der Waals surface area (Å²) in [5.74, 6) is 0.994. The van der Waals surface area contributed by atoms with Gasteiger partial charge in [-0.05, 0) is 26.0 Å². The molecule has 0 spiro atoms. The fraction of sp³-hybridized carbons (Fsp3) is 0.533. The Morgan fingerprint density at radius 1 is 1.25 bits per heavy atom. The van der Waals surface area contributed by atoms with Gasteiger partial charge >= 0.3 is 0 Å². The standard InChI is InChI=1S/C15H22N2O2.ClH/c1-12-10-17(11-13(2)16-12)15(18)8-9-19-14-6-4-3-5-7-14;/h3-7,12-13,16H,8-11H2,1-2H3;1H. The number of hydrogen-bond donors (Lipinski definition) is 1. The van der Waals surface area contributed by atoms with Crippen LogP contribution in [0.1, 0.15) is 20.3 Å². The van der Waals surface area contributed by atoms with Gasteiger partial charge in [-0.2, -0.15) is 0 Å². The number of piperazine rings is 1. The van der Waals surface area contributed by atoms with Crippen LogP contribution >= 0.6 is 12.4 Å². The van der Waals surface area contributed by atoms with Gasteiger partial charge in [-0.1, -0.05) is 18.2 Å². The van der Waals surface area contributed by atoms with Crippen molar-refractivity contribution in [2.24, 2.45) is 0 Å². The third-order valence-corrected chi connectivity index (χ3v) is 3.24. The Bertz CT molecular complexity index is 404. The molecule has 1 aliphatic heterocycles. The van der Waals surface area contributed by atoms with Crippen molar-refractivity contribution < 1.29 is 9.53 Å². The van der Waals surface area contributed by atoms with E-state index in [1.165, 1.54) is 0 Å². The van der Waals surface area contributed by atoms with Crippen LogP contribution in [0.4, 0.5) is 0 Å². The zero-order chi connectivity index (χ0) is 13.7. The van der Waals surface area contributed by atoms with Crippen molar-refractivity contribution in [3.8, 4) is 5.75 Å². The Hall–Kier alpha value is -1.26. The summed E-state index contributed by atoms with van der Waals surface area (Å²) in [6, 6.07) is 10.3. The van der Waals surface area contributed by atoms with E-state index in [1.807, 2.05) is 35.2 Å². The van der Waals surface area contributed by atoms with E-state index in [1.54, 1.807) is 0 Å². The topological polar surface area (TPSA) is 41.6 Å². The summed E-state index contributed by atoms with van der Waals surface area (Å²) in [4.78, 5) is 14.0. The minimum absolute atomic E-state index is 0. The quantitative estimate of drug-likeness (QED) is 0.925. The minimum Gasteiger partial charge on any atom is -0.493 e. The number of nitrogens with one attached hydrogen (secondary N) is 1. The molecule has 0 saturated carbocycles. The minimum atomic E-state index is 0. The Labute approximate surface area is 126 Å². The number of hydrogen-bond acceptors (Lipinski definition) is 3. The van der Waals surface area contributed by atoms with Gasteiger partial charge in [0.1, 0.15) is 5.75 Å². The summed E-state index contributed by atoms with van der Waals surface area (Å²) in [6.07, 6.45) is 0.439. The number of amides is 1. The first-order chi connectivity index (χ1) is 9.15. The van der Waals surface area contributed by atoms with Gasteiger partial charge in [-0.15, -0.1) is 12.4 Å². The molecule has 0 bridgehead atoms. The van der Waals surface area contributed by atoms with E-state index < -0.39 is 0 Å². The van der Waals surface area contributed by atoms with Gasteiger partial charge in [-0.25, -0.2) is 0 Å². The average Bonchev–Trinajstić information content (AvgIpc) is 2.38. The highest BCUT2D eigenvalue weighted by molar-refractivity contribution is 5.85. The SMILES string of the molecule is CC1CN(C(=O)CCOc2ccccc2)CC(C)N1.Cl. The predicted molar refractivity (Wildman–Crippen MR) is 82.4 cm³/mol. The third-order valence-electron chi connectivity index (χ3n) is 3.24. The molecule has 2 unspecified atom stereocenters. The molecule has 1 aromatic carbocycles. The summed E-state index contributed by atoms with van der Waals surface area (Å²) >= 11 is 0. The number of halogens is 1. The largest absolute Gasteiger partial charge is 0.493 e. The van der Waals surface area contributed by atoms with E-state index >= 15 is 0 Å². The molecule has 4 nitrogen and oxygen atoms in total. The maximum absolute atomic E-state index is 12.1. The monoisotopic (exact) mass is 298 g/mol. The van der Waals surface area contributed by atoms with Crippen molar-refractivity contribution in [2.45, 2.75) is 32.4 Å². The first kappa shape index (κ1) is 16.8. The molecule has 1 amide bonds. The third kappa shape index (κ3) is 5.02. The lowest BCUT2D eigenvalue weighted by atomic mass is 10.1. The van der Waals surface area contributed by atoms with Gasteiger partial charge in [0.15, 0.2) is 0 Å². The molecule has 0 aromatic heterocycles. The molecular weight excluding hydrogens is 276 g/mol. The van der Waals surface area contributed by atoms with E-state index in [0.717, 1.165) is 18.8 Å². The van der Waals surface area contributed by atoms with Crippen LogP contribution in [0.15, 0.2) is 30.3 Å². The molecule has 1 heterocycles. The number of carbonyl (C=O) groups is 1. The second kappa shape index (κ2) is 8.12.